The van der Waals surface area contributed by atoms with Crippen molar-refractivity contribution in [3.05, 3.63) is 45.9 Å². The molecule has 2 rings (SSSR count). The molecule has 0 bridgehead atoms. The molecule has 2 aromatic rings. The zero-order valence-electron chi connectivity index (χ0n) is 13.1. The summed E-state index contributed by atoms with van der Waals surface area (Å²) in [5, 5.41) is 15.8. The second-order valence-electron chi connectivity index (χ2n) is 5.59. The van der Waals surface area contributed by atoms with Crippen molar-refractivity contribution in [2.24, 2.45) is 0 Å². The minimum Gasteiger partial charge on any atom is -0.497 e. The van der Waals surface area contributed by atoms with E-state index < -0.39 is 17.6 Å². The van der Waals surface area contributed by atoms with Gasteiger partial charge in [0.05, 0.1) is 12.6 Å². The molecule has 1 heterocycles. The van der Waals surface area contributed by atoms with Gasteiger partial charge in [0.25, 0.3) is 5.91 Å². The number of benzene rings is 1. The summed E-state index contributed by atoms with van der Waals surface area (Å²) in [6.07, 6.45) is -1.25. The highest BCUT2D eigenvalue weighted by Crippen LogP contribution is 2.26. The minimum absolute atomic E-state index is 0.467. The lowest BCUT2D eigenvalue weighted by atomic mass is 10.0. The van der Waals surface area contributed by atoms with E-state index in [1.165, 1.54) is 11.3 Å². The molecular formula is C16H20N2O3S. The van der Waals surface area contributed by atoms with Gasteiger partial charge in [-0.3, -0.25) is 4.79 Å². The molecule has 1 unspecified atom stereocenters. The minimum atomic E-state index is -1.25. The van der Waals surface area contributed by atoms with Crippen molar-refractivity contribution in [1.29, 1.82) is 0 Å². The van der Waals surface area contributed by atoms with Crippen molar-refractivity contribution in [2.45, 2.75) is 32.4 Å². The highest BCUT2D eigenvalue weighted by molar-refractivity contribution is 7.09. The van der Waals surface area contributed by atoms with Gasteiger partial charge in [0.1, 0.15) is 10.8 Å². The summed E-state index contributed by atoms with van der Waals surface area (Å²) < 4.78 is 5.11. The van der Waals surface area contributed by atoms with E-state index in [1.807, 2.05) is 26.2 Å². The van der Waals surface area contributed by atoms with Crippen LogP contribution in [0.1, 0.15) is 36.2 Å². The number of hydrogen-bond acceptors (Lipinski definition) is 5. The number of aryl methyl sites for hydroxylation is 1. The SMILES string of the molecule is COc1cccc(C(O)C(=O)NC(C)(C)c2nc(C)cs2)c1. The lowest BCUT2D eigenvalue weighted by molar-refractivity contribution is -0.131. The van der Waals surface area contributed by atoms with Crippen molar-refractivity contribution in [3.63, 3.8) is 0 Å². The van der Waals surface area contributed by atoms with Crippen molar-refractivity contribution < 1.29 is 14.6 Å². The molecule has 118 valence electrons. The number of nitrogens with one attached hydrogen (secondary N) is 1. The average Bonchev–Trinajstić information content (AvgIpc) is 2.93. The molecule has 0 radical (unpaired) electrons. The highest BCUT2D eigenvalue weighted by atomic mass is 32.1. The van der Waals surface area contributed by atoms with Crippen LogP contribution in [0.5, 0.6) is 5.75 Å². The van der Waals surface area contributed by atoms with Crippen molar-refractivity contribution >= 4 is 17.2 Å². The number of ether oxygens (including phenoxy) is 1. The first-order valence-corrected chi connectivity index (χ1v) is 7.78. The summed E-state index contributed by atoms with van der Waals surface area (Å²) in [5.41, 5.74) is 0.759. The van der Waals surface area contributed by atoms with Crippen LogP contribution in [0, 0.1) is 6.92 Å². The number of aromatic nitrogens is 1. The number of thiazole rings is 1. The Bertz CT molecular complexity index is 667. The summed E-state index contributed by atoms with van der Waals surface area (Å²) in [6, 6.07) is 6.83. The molecule has 22 heavy (non-hydrogen) atoms. The van der Waals surface area contributed by atoms with Gasteiger partial charge in [-0.05, 0) is 38.5 Å². The Hall–Kier alpha value is -1.92. The van der Waals surface area contributed by atoms with Crippen LogP contribution in [0.2, 0.25) is 0 Å². The molecule has 1 amide bonds. The monoisotopic (exact) mass is 320 g/mol. The topological polar surface area (TPSA) is 71.5 Å². The maximum atomic E-state index is 12.3. The Kier molecular flexibility index (Phi) is 4.83. The fourth-order valence-corrected chi connectivity index (χ4v) is 2.91. The number of amides is 1. The van der Waals surface area contributed by atoms with Crippen LogP contribution in [0.25, 0.3) is 0 Å². The fraction of sp³-hybridized carbons (Fsp3) is 0.375. The number of carbonyl (C=O) groups excluding carboxylic acids is 1. The maximum absolute atomic E-state index is 12.3. The first kappa shape index (κ1) is 16.5. The molecule has 0 aliphatic carbocycles. The number of nitrogens with zero attached hydrogens (tertiary/aromatic N) is 1. The van der Waals surface area contributed by atoms with Gasteiger partial charge in [0, 0.05) is 11.1 Å². The third kappa shape index (κ3) is 3.64. The molecular weight excluding hydrogens is 300 g/mol. The lowest BCUT2D eigenvalue weighted by Crippen LogP contribution is -2.43. The quantitative estimate of drug-likeness (QED) is 0.888. The van der Waals surface area contributed by atoms with Gasteiger partial charge < -0.3 is 15.2 Å². The summed E-state index contributed by atoms with van der Waals surface area (Å²) in [5.74, 6) is 0.130. The van der Waals surface area contributed by atoms with Crippen LogP contribution in [0.4, 0.5) is 0 Å². The summed E-state index contributed by atoms with van der Waals surface area (Å²) in [6.45, 7) is 5.63. The van der Waals surface area contributed by atoms with Gasteiger partial charge >= 0.3 is 0 Å². The van der Waals surface area contributed by atoms with Gasteiger partial charge in [-0.2, -0.15) is 0 Å². The smallest absolute Gasteiger partial charge is 0.254 e. The van der Waals surface area contributed by atoms with E-state index in [0.717, 1.165) is 10.7 Å². The van der Waals surface area contributed by atoms with E-state index in [-0.39, 0.29) is 0 Å². The molecule has 1 aromatic carbocycles. The van der Waals surface area contributed by atoms with Gasteiger partial charge in [0.2, 0.25) is 0 Å². The Morgan fingerprint density at radius 2 is 2.18 bits per heavy atom. The number of carbonyl (C=O) groups is 1. The van der Waals surface area contributed by atoms with E-state index in [2.05, 4.69) is 10.3 Å². The van der Waals surface area contributed by atoms with Crippen molar-refractivity contribution in [1.82, 2.24) is 10.3 Å². The first-order chi connectivity index (χ1) is 10.3. The zero-order chi connectivity index (χ0) is 16.3. The van der Waals surface area contributed by atoms with Crippen molar-refractivity contribution in [2.75, 3.05) is 7.11 Å². The number of aliphatic hydroxyl groups excluding tert-OH is 1. The Morgan fingerprint density at radius 1 is 1.45 bits per heavy atom. The number of rotatable bonds is 5. The molecule has 2 N–H and O–H groups in total. The number of methoxy groups -OCH3 is 1. The van der Waals surface area contributed by atoms with Gasteiger partial charge in [-0.25, -0.2) is 4.98 Å². The fourth-order valence-electron chi connectivity index (χ4n) is 2.03. The lowest BCUT2D eigenvalue weighted by Gasteiger charge is -2.25. The second-order valence-corrected chi connectivity index (χ2v) is 6.45. The first-order valence-electron chi connectivity index (χ1n) is 6.90. The molecule has 0 spiro atoms. The molecule has 1 aromatic heterocycles. The van der Waals surface area contributed by atoms with Crippen molar-refractivity contribution in [3.8, 4) is 5.75 Å². The van der Waals surface area contributed by atoms with Crippen LogP contribution in [-0.2, 0) is 10.3 Å². The Balaban J connectivity index is 2.13. The van der Waals surface area contributed by atoms with E-state index in [9.17, 15) is 9.90 Å². The molecule has 0 aliphatic heterocycles. The van der Waals surface area contributed by atoms with Crippen LogP contribution >= 0.6 is 11.3 Å². The second kappa shape index (κ2) is 6.46. The van der Waals surface area contributed by atoms with Gasteiger partial charge in [-0.15, -0.1) is 11.3 Å². The Labute approximate surface area is 134 Å². The maximum Gasteiger partial charge on any atom is 0.254 e. The molecule has 0 aliphatic rings. The molecule has 6 heteroatoms. The Morgan fingerprint density at radius 3 is 2.77 bits per heavy atom. The molecule has 0 saturated carbocycles. The average molecular weight is 320 g/mol. The molecule has 5 nitrogen and oxygen atoms in total. The van der Waals surface area contributed by atoms with Crippen LogP contribution in [0.15, 0.2) is 29.6 Å². The molecule has 1 atom stereocenters. The largest absolute Gasteiger partial charge is 0.497 e. The summed E-state index contributed by atoms with van der Waals surface area (Å²) >= 11 is 1.48. The van der Waals surface area contributed by atoms with E-state index in [0.29, 0.717) is 11.3 Å². The van der Waals surface area contributed by atoms with Gasteiger partial charge in [-0.1, -0.05) is 12.1 Å². The predicted octanol–water partition coefficient (Wildman–Crippen LogP) is 2.55. The number of aliphatic hydroxyl groups is 1. The summed E-state index contributed by atoms with van der Waals surface area (Å²) in [7, 11) is 1.54. The van der Waals surface area contributed by atoms with E-state index in [1.54, 1.807) is 31.4 Å². The third-order valence-corrected chi connectivity index (χ3v) is 4.53. The van der Waals surface area contributed by atoms with E-state index in [4.69, 9.17) is 4.74 Å². The summed E-state index contributed by atoms with van der Waals surface area (Å²) in [4.78, 5) is 16.7. The molecule has 0 fully saturated rings. The van der Waals surface area contributed by atoms with Crippen LogP contribution < -0.4 is 10.1 Å². The number of hydrogen-bond donors (Lipinski definition) is 2. The predicted molar refractivity (Wildman–Crippen MR) is 86.0 cm³/mol. The normalized spacial score (nSPS) is 12.8. The van der Waals surface area contributed by atoms with E-state index >= 15 is 0 Å². The van der Waals surface area contributed by atoms with Gasteiger partial charge in [0.15, 0.2) is 6.10 Å². The molecule has 0 saturated heterocycles. The van der Waals surface area contributed by atoms with Crippen LogP contribution in [-0.4, -0.2) is 23.1 Å². The standard InChI is InChI=1S/C16H20N2O3S/c1-10-9-22-15(17-10)16(2,3)18-14(20)13(19)11-6-5-7-12(8-11)21-4/h5-9,13,19H,1-4H3,(H,18,20). The van der Waals surface area contributed by atoms with Crippen LogP contribution in [0.3, 0.4) is 0 Å². The zero-order valence-corrected chi connectivity index (χ0v) is 13.9. The third-order valence-electron chi connectivity index (χ3n) is 3.25. The highest BCUT2D eigenvalue weighted by Gasteiger charge is 2.29.